The van der Waals surface area contributed by atoms with E-state index in [1.165, 1.54) is 11.8 Å². The first-order valence-electron chi connectivity index (χ1n) is 7.92. The van der Waals surface area contributed by atoms with Gasteiger partial charge in [0.2, 0.25) is 0 Å². The number of aliphatic imine (C=N–C) groups is 1. The lowest BCUT2D eigenvalue weighted by molar-refractivity contribution is -0.115. The predicted molar refractivity (Wildman–Crippen MR) is 105 cm³/mol. The summed E-state index contributed by atoms with van der Waals surface area (Å²) in [6.45, 7) is 0. The highest BCUT2D eigenvalue weighted by molar-refractivity contribution is 8.18. The van der Waals surface area contributed by atoms with Gasteiger partial charge in [-0.15, -0.1) is 0 Å². The van der Waals surface area contributed by atoms with E-state index in [4.69, 9.17) is 15.2 Å². The number of carbonyl (C=O) groups excluding carboxylic acids is 2. The topological polar surface area (TPSA) is 103 Å². The molecule has 2 aromatic carbocycles. The minimum atomic E-state index is -0.578. The van der Waals surface area contributed by atoms with Gasteiger partial charge in [-0.25, -0.2) is 4.99 Å². The molecule has 2 aromatic rings. The Kier molecular flexibility index (Phi) is 5.46. The van der Waals surface area contributed by atoms with E-state index in [-0.39, 0.29) is 11.5 Å². The number of hydrogen-bond acceptors (Lipinski definition) is 6. The smallest absolute Gasteiger partial charge is 0.264 e. The van der Waals surface area contributed by atoms with E-state index in [2.05, 4.69) is 10.3 Å². The van der Waals surface area contributed by atoms with Crippen molar-refractivity contribution < 1.29 is 19.1 Å². The van der Waals surface area contributed by atoms with Crippen LogP contribution in [0.25, 0.3) is 6.08 Å². The highest BCUT2D eigenvalue weighted by atomic mass is 32.2. The summed E-state index contributed by atoms with van der Waals surface area (Å²) < 4.78 is 10.5. The van der Waals surface area contributed by atoms with Gasteiger partial charge in [0, 0.05) is 0 Å². The SMILES string of the molecule is COc1ccc(/C=C2\SC(=Nc3ccccc3C(N)=O)NC2=O)cc1OC. The van der Waals surface area contributed by atoms with E-state index in [0.29, 0.717) is 27.3 Å². The second kappa shape index (κ2) is 7.96. The summed E-state index contributed by atoms with van der Waals surface area (Å²) in [4.78, 5) is 28.6. The number of thioether (sulfide) groups is 1. The van der Waals surface area contributed by atoms with Gasteiger partial charge < -0.3 is 20.5 Å². The van der Waals surface area contributed by atoms with E-state index >= 15 is 0 Å². The molecule has 7 nitrogen and oxygen atoms in total. The van der Waals surface area contributed by atoms with Crippen LogP contribution in [-0.4, -0.2) is 31.2 Å². The molecule has 27 heavy (non-hydrogen) atoms. The van der Waals surface area contributed by atoms with E-state index in [1.54, 1.807) is 56.7 Å². The van der Waals surface area contributed by atoms with Crippen LogP contribution < -0.4 is 20.5 Å². The summed E-state index contributed by atoms with van der Waals surface area (Å²) >= 11 is 1.18. The number of amides is 2. The number of hydrogen-bond donors (Lipinski definition) is 2. The van der Waals surface area contributed by atoms with Gasteiger partial charge in [-0.3, -0.25) is 9.59 Å². The lowest BCUT2D eigenvalue weighted by Gasteiger charge is -2.07. The van der Waals surface area contributed by atoms with Crippen molar-refractivity contribution in [1.29, 1.82) is 0 Å². The van der Waals surface area contributed by atoms with Crippen LogP contribution in [0.3, 0.4) is 0 Å². The second-order valence-corrected chi connectivity index (χ2v) is 6.51. The van der Waals surface area contributed by atoms with Crippen LogP contribution >= 0.6 is 11.8 Å². The Balaban J connectivity index is 1.88. The van der Waals surface area contributed by atoms with Crippen LogP contribution in [0, 0.1) is 0 Å². The normalized spacial score (nSPS) is 16.4. The van der Waals surface area contributed by atoms with Gasteiger partial charge in [-0.2, -0.15) is 0 Å². The number of methoxy groups -OCH3 is 2. The molecule has 0 aromatic heterocycles. The van der Waals surface area contributed by atoms with Gasteiger partial charge in [0.1, 0.15) is 0 Å². The van der Waals surface area contributed by atoms with Crippen molar-refractivity contribution in [2.75, 3.05) is 14.2 Å². The fourth-order valence-corrected chi connectivity index (χ4v) is 3.30. The lowest BCUT2D eigenvalue weighted by atomic mass is 10.2. The van der Waals surface area contributed by atoms with E-state index in [9.17, 15) is 9.59 Å². The molecule has 3 rings (SSSR count). The number of carbonyl (C=O) groups is 2. The number of nitrogens with one attached hydrogen (secondary N) is 1. The van der Waals surface area contributed by atoms with Gasteiger partial charge in [0.25, 0.3) is 11.8 Å². The Morgan fingerprint density at radius 2 is 1.89 bits per heavy atom. The molecule has 1 heterocycles. The van der Waals surface area contributed by atoms with Crippen molar-refractivity contribution in [2.45, 2.75) is 0 Å². The molecule has 3 N–H and O–H groups in total. The monoisotopic (exact) mass is 383 g/mol. The first-order chi connectivity index (χ1) is 13.0. The molecule has 138 valence electrons. The summed E-state index contributed by atoms with van der Waals surface area (Å²) in [7, 11) is 3.11. The molecule has 1 fully saturated rings. The number of amidine groups is 1. The van der Waals surface area contributed by atoms with Crippen molar-refractivity contribution in [3.63, 3.8) is 0 Å². The molecule has 1 aliphatic heterocycles. The summed E-state index contributed by atoms with van der Waals surface area (Å²) in [6, 6.07) is 12.1. The number of benzene rings is 2. The minimum absolute atomic E-state index is 0.273. The summed E-state index contributed by atoms with van der Waals surface area (Å²) in [6.07, 6.45) is 1.73. The molecular weight excluding hydrogens is 366 g/mol. The van der Waals surface area contributed by atoms with Crippen molar-refractivity contribution in [3.8, 4) is 11.5 Å². The molecule has 0 unspecified atom stereocenters. The molecule has 0 atom stereocenters. The third-order valence-electron chi connectivity index (χ3n) is 3.75. The van der Waals surface area contributed by atoms with Crippen LogP contribution in [-0.2, 0) is 4.79 Å². The second-order valence-electron chi connectivity index (χ2n) is 5.48. The maximum Gasteiger partial charge on any atom is 0.264 e. The fourth-order valence-electron chi connectivity index (χ4n) is 2.46. The molecule has 2 amide bonds. The van der Waals surface area contributed by atoms with Gasteiger partial charge >= 0.3 is 0 Å². The molecular formula is C19H17N3O4S. The Hall–Kier alpha value is -3.26. The van der Waals surface area contributed by atoms with Crippen molar-refractivity contribution in [2.24, 2.45) is 10.7 Å². The standard InChI is InChI=1S/C19H17N3O4S/c1-25-14-8-7-11(9-15(14)26-2)10-16-18(24)22-19(27-16)21-13-6-4-3-5-12(13)17(20)23/h3-10H,1-2H3,(H2,20,23)(H,21,22,24)/b16-10-. The molecule has 1 saturated heterocycles. The van der Waals surface area contributed by atoms with Gasteiger partial charge in [-0.1, -0.05) is 18.2 Å². The van der Waals surface area contributed by atoms with E-state index in [0.717, 1.165) is 5.56 Å². The number of primary amides is 1. The first-order valence-corrected chi connectivity index (χ1v) is 8.74. The van der Waals surface area contributed by atoms with Crippen molar-refractivity contribution in [3.05, 3.63) is 58.5 Å². The highest BCUT2D eigenvalue weighted by Crippen LogP contribution is 2.32. The summed E-state index contributed by atoms with van der Waals surface area (Å²) in [5, 5.41) is 3.06. The highest BCUT2D eigenvalue weighted by Gasteiger charge is 2.24. The Labute approximate surface area is 160 Å². The molecule has 1 aliphatic rings. The number of nitrogens with zero attached hydrogens (tertiary/aromatic N) is 1. The average Bonchev–Trinajstić information content (AvgIpc) is 3.00. The number of rotatable bonds is 5. The van der Waals surface area contributed by atoms with Gasteiger partial charge in [0.15, 0.2) is 16.7 Å². The van der Waals surface area contributed by atoms with Crippen LogP contribution in [0.15, 0.2) is 52.4 Å². The summed E-state index contributed by atoms with van der Waals surface area (Å²) in [5.74, 6) is 0.323. The van der Waals surface area contributed by atoms with Crippen molar-refractivity contribution >= 4 is 40.5 Å². The lowest BCUT2D eigenvalue weighted by Crippen LogP contribution is -2.19. The average molecular weight is 383 g/mol. The van der Waals surface area contributed by atoms with E-state index < -0.39 is 5.91 Å². The largest absolute Gasteiger partial charge is 0.493 e. The zero-order chi connectivity index (χ0) is 19.4. The molecule has 0 radical (unpaired) electrons. The molecule has 0 saturated carbocycles. The molecule has 0 aliphatic carbocycles. The third-order valence-corrected chi connectivity index (χ3v) is 4.66. The summed E-state index contributed by atoms with van der Waals surface area (Å²) in [5.41, 5.74) is 6.83. The number of para-hydroxylation sites is 1. The Morgan fingerprint density at radius 1 is 1.15 bits per heavy atom. The maximum absolute atomic E-state index is 12.2. The zero-order valence-electron chi connectivity index (χ0n) is 14.7. The Morgan fingerprint density at radius 3 is 2.59 bits per heavy atom. The van der Waals surface area contributed by atoms with Crippen LogP contribution in [0.4, 0.5) is 5.69 Å². The van der Waals surface area contributed by atoms with Gasteiger partial charge in [0.05, 0.1) is 30.4 Å². The van der Waals surface area contributed by atoms with Gasteiger partial charge in [-0.05, 0) is 47.7 Å². The molecule has 0 spiro atoms. The molecule has 8 heteroatoms. The number of nitrogens with two attached hydrogens (primary N) is 1. The number of ether oxygens (including phenoxy) is 2. The van der Waals surface area contributed by atoms with Crippen LogP contribution in [0.5, 0.6) is 11.5 Å². The van der Waals surface area contributed by atoms with Crippen LogP contribution in [0.2, 0.25) is 0 Å². The quantitative estimate of drug-likeness (QED) is 0.773. The zero-order valence-corrected chi connectivity index (χ0v) is 15.5. The van der Waals surface area contributed by atoms with Crippen molar-refractivity contribution in [1.82, 2.24) is 5.32 Å². The molecule has 0 bridgehead atoms. The third kappa shape index (κ3) is 4.12. The van der Waals surface area contributed by atoms with Crippen LogP contribution in [0.1, 0.15) is 15.9 Å². The van der Waals surface area contributed by atoms with E-state index in [1.807, 2.05) is 6.07 Å². The first kappa shape index (κ1) is 18.5. The fraction of sp³-hybridized carbons (Fsp3) is 0.105. The minimum Gasteiger partial charge on any atom is -0.493 e. The Bertz CT molecular complexity index is 969. The maximum atomic E-state index is 12.2. The predicted octanol–water partition coefficient (Wildman–Crippen LogP) is 2.69.